The second-order valence-corrected chi connectivity index (χ2v) is 9.84. The van der Waals surface area contributed by atoms with Crippen LogP contribution in [0.4, 0.5) is 0 Å². The molecule has 166 valence electrons. The van der Waals surface area contributed by atoms with Crippen LogP contribution in [-0.4, -0.2) is 31.2 Å². The third-order valence-electron chi connectivity index (χ3n) is 7.86. The fraction of sp³-hybridized carbons (Fsp3) is 0.833. The van der Waals surface area contributed by atoms with Crippen molar-refractivity contribution >= 4 is 11.9 Å². The highest BCUT2D eigenvalue weighted by atomic mass is 16.5. The van der Waals surface area contributed by atoms with Gasteiger partial charge in [-0.3, -0.25) is 9.59 Å². The zero-order valence-corrected chi connectivity index (χ0v) is 18.9. The Kier molecular flexibility index (Phi) is 8.33. The van der Waals surface area contributed by atoms with E-state index in [1.54, 1.807) is 0 Å². The zero-order valence-electron chi connectivity index (χ0n) is 18.9. The van der Waals surface area contributed by atoms with Crippen molar-refractivity contribution < 1.29 is 19.1 Å². The van der Waals surface area contributed by atoms with Crippen LogP contribution in [-0.2, 0) is 19.1 Å². The summed E-state index contributed by atoms with van der Waals surface area (Å²) in [4.78, 5) is 23.0. The van der Waals surface area contributed by atoms with E-state index in [0.29, 0.717) is 19.1 Å². The number of allylic oxidation sites excluding steroid dienone is 1. The van der Waals surface area contributed by atoms with Crippen molar-refractivity contribution in [2.75, 3.05) is 13.2 Å². The monoisotopic (exact) mass is 407 g/mol. The second kappa shape index (κ2) is 10.1. The number of esters is 2. The molecule has 29 heavy (non-hydrogen) atoms. The number of ether oxygens (including phenoxy) is 2. The van der Waals surface area contributed by atoms with Crippen molar-refractivity contribution in [2.45, 2.75) is 91.6 Å². The van der Waals surface area contributed by atoms with Gasteiger partial charge in [-0.2, -0.15) is 0 Å². The van der Waals surface area contributed by atoms with Crippen molar-refractivity contribution in [1.82, 2.24) is 0 Å². The number of rotatable bonds is 9. The maximum absolute atomic E-state index is 11.5. The fourth-order valence-corrected chi connectivity index (χ4v) is 5.71. The lowest BCUT2D eigenvalue weighted by Gasteiger charge is -2.49. The molecule has 2 aliphatic rings. The molecule has 0 bridgehead atoms. The Morgan fingerprint density at radius 3 is 2.48 bits per heavy atom. The van der Waals surface area contributed by atoms with Gasteiger partial charge in [0, 0.05) is 19.8 Å². The average molecular weight is 408 g/mol. The molecule has 5 heteroatoms. The molecule has 0 aromatic carbocycles. The molecule has 0 saturated heterocycles. The minimum Gasteiger partial charge on any atom is -0.466 e. The molecule has 2 aliphatic carbocycles. The first kappa shape index (κ1) is 23.9. The minimum atomic E-state index is -0.257. The molecule has 0 heterocycles. The van der Waals surface area contributed by atoms with Crippen molar-refractivity contribution in [1.29, 1.82) is 0 Å². The average Bonchev–Trinajstić information content (AvgIpc) is 2.97. The van der Waals surface area contributed by atoms with Crippen molar-refractivity contribution in [2.24, 2.45) is 28.4 Å². The highest BCUT2D eigenvalue weighted by Crippen LogP contribution is 2.52. The van der Waals surface area contributed by atoms with Crippen LogP contribution < -0.4 is 5.73 Å². The van der Waals surface area contributed by atoms with Gasteiger partial charge in [-0.15, -0.1) is 0 Å². The fourth-order valence-electron chi connectivity index (χ4n) is 5.71. The molecular weight excluding hydrogens is 366 g/mol. The van der Waals surface area contributed by atoms with E-state index in [9.17, 15) is 9.59 Å². The van der Waals surface area contributed by atoms with E-state index in [-0.39, 0.29) is 34.8 Å². The standard InChI is InChI=1S/C24H41NO4/c1-17-7-6-11-23(17,4)12-8-20(10-14-25)24(5)13-9-22(29-19(3)27)15-21(24)16-28-18(2)26/h20-22H,1,6-16,25H2,2-5H3. The minimum absolute atomic E-state index is 0.0156. The van der Waals surface area contributed by atoms with Crippen LogP contribution in [0.3, 0.4) is 0 Å². The summed E-state index contributed by atoms with van der Waals surface area (Å²) in [6.07, 6.45) is 9.30. The number of hydrogen-bond donors (Lipinski definition) is 1. The maximum atomic E-state index is 11.5. The Labute approximate surface area is 176 Å². The van der Waals surface area contributed by atoms with Crippen LogP contribution in [0, 0.1) is 22.7 Å². The van der Waals surface area contributed by atoms with Gasteiger partial charge in [-0.05, 0) is 81.1 Å². The smallest absolute Gasteiger partial charge is 0.302 e. The van der Waals surface area contributed by atoms with E-state index in [1.807, 2.05) is 0 Å². The molecule has 2 saturated carbocycles. The highest BCUT2D eigenvalue weighted by Gasteiger charge is 2.46. The van der Waals surface area contributed by atoms with Crippen molar-refractivity contribution in [3.05, 3.63) is 12.2 Å². The van der Waals surface area contributed by atoms with E-state index < -0.39 is 0 Å². The highest BCUT2D eigenvalue weighted by molar-refractivity contribution is 5.66. The Bertz CT molecular complexity index is 604. The van der Waals surface area contributed by atoms with Crippen molar-refractivity contribution in [3.63, 3.8) is 0 Å². The van der Waals surface area contributed by atoms with Gasteiger partial charge in [0.2, 0.25) is 0 Å². The molecule has 5 atom stereocenters. The van der Waals surface area contributed by atoms with E-state index in [4.69, 9.17) is 15.2 Å². The number of carbonyl (C=O) groups is 2. The molecule has 2 fully saturated rings. The van der Waals surface area contributed by atoms with Gasteiger partial charge in [-0.1, -0.05) is 26.0 Å². The van der Waals surface area contributed by atoms with Crippen LogP contribution in [0.5, 0.6) is 0 Å². The molecular formula is C24H41NO4. The molecule has 0 aromatic rings. The van der Waals surface area contributed by atoms with Gasteiger partial charge in [-0.25, -0.2) is 0 Å². The predicted octanol–water partition coefficient (Wildman–Crippen LogP) is 4.78. The molecule has 0 aliphatic heterocycles. The summed E-state index contributed by atoms with van der Waals surface area (Å²) in [5.74, 6) is 0.125. The summed E-state index contributed by atoms with van der Waals surface area (Å²) in [6, 6.07) is 0. The van der Waals surface area contributed by atoms with E-state index in [1.165, 1.54) is 32.3 Å². The summed E-state index contributed by atoms with van der Waals surface area (Å²) in [5, 5.41) is 0. The SMILES string of the molecule is C=C1CCCC1(C)CCC(CCN)C1(C)CCC(OC(C)=O)CC1COC(C)=O. The molecule has 2 N–H and O–H groups in total. The Balaban J connectivity index is 2.16. The van der Waals surface area contributed by atoms with Crippen LogP contribution >= 0.6 is 0 Å². The molecule has 0 radical (unpaired) electrons. The van der Waals surface area contributed by atoms with Crippen LogP contribution in [0.15, 0.2) is 12.2 Å². The Morgan fingerprint density at radius 1 is 1.21 bits per heavy atom. The summed E-state index contributed by atoms with van der Waals surface area (Å²) in [7, 11) is 0. The first-order valence-electron chi connectivity index (χ1n) is 11.3. The quantitative estimate of drug-likeness (QED) is 0.439. The number of hydrogen-bond acceptors (Lipinski definition) is 5. The molecule has 5 nitrogen and oxygen atoms in total. The summed E-state index contributed by atoms with van der Waals surface area (Å²) < 4.78 is 11.0. The molecule has 0 amide bonds. The van der Waals surface area contributed by atoms with Gasteiger partial charge in [0.1, 0.15) is 6.10 Å². The van der Waals surface area contributed by atoms with E-state index >= 15 is 0 Å². The maximum Gasteiger partial charge on any atom is 0.302 e. The lowest BCUT2D eigenvalue weighted by molar-refractivity contribution is -0.157. The summed E-state index contributed by atoms with van der Waals surface area (Å²) in [5.41, 5.74) is 7.68. The largest absolute Gasteiger partial charge is 0.466 e. The van der Waals surface area contributed by atoms with Gasteiger partial charge in [0.25, 0.3) is 0 Å². The molecule has 2 rings (SSSR count). The van der Waals surface area contributed by atoms with Gasteiger partial charge < -0.3 is 15.2 Å². The van der Waals surface area contributed by atoms with E-state index in [2.05, 4.69) is 20.4 Å². The van der Waals surface area contributed by atoms with Crippen LogP contribution in [0.1, 0.15) is 85.5 Å². The topological polar surface area (TPSA) is 78.6 Å². The Morgan fingerprint density at radius 2 is 1.93 bits per heavy atom. The first-order chi connectivity index (χ1) is 13.6. The van der Waals surface area contributed by atoms with Crippen LogP contribution in [0.2, 0.25) is 0 Å². The lowest BCUT2D eigenvalue weighted by Crippen LogP contribution is -2.45. The molecule has 5 unspecified atom stereocenters. The lowest BCUT2D eigenvalue weighted by atomic mass is 9.58. The van der Waals surface area contributed by atoms with E-state index in [0.717, 1.165) is 44.9 Å². The normalized spacial score (nSPS) is 33.3. The molecule has 0 spiro atoms. The summed E-state index contributed by atoms with van der Waals surface area (Å²) >= 11 is 0. The zero-order chi connectivity index (χ0) is 21.7. The Hall–Kier alpha value is -1.36. The predicted molar refractivity (Wildman–Crippen MR) is 115 cm³/mol. The van der Waals surface area contributed by atoms with Gasteiger partial charge >= 0.3 is 11.9 Å². The second-order valence-electron chi connectivity index (χ2n) is 9.84. The molecule has 0 aromatic heterocycles. The van der Waals surface area contributed by atoms with Crippen LogP contribution in [0.25, 0.3) is 0 Å². The number of nitrogens with two attached hydrogens (primary N) is 1. The third kappa shape index (κ3) is 6.07. The van der Waals surface area contributed by atoms with Crippen molar-refractivity contribution in [3.8, 4) is 0 Å². The van der Waals surface area contributed by atoms with Gasteiger partial charge in [0.15, 0.2) is 0 Å². The third-order valence-corrected chi connectivity index (χ3v) is 7.86. The first-order valence-corrected chi connectivity index (χ1v) is 11.3. The van der Waals surface area contributed by atoms with Gasteiger partial charge in [0.05, 0.1) is 6.61 Å². The summed E-state index contributed by atoms with van der Waals surface area (Å²) in [6.45, 7) is 13.0. The number of carbonyl (C=O) groups excluding carboxylic acids is 2.